The maximum absolute atomic E-state index is 8.25. The molecule has 0 saturated carbocycles. The molecule has 4 aromatic heterocycles. The van der Waals surface area contributed by atoms with E-state index < -0.39 is 10.2 Å². The first-order valence-corrected chi connectivity index (χ1v) is 10.2. The molecular formula is C24H36Cu2N6O16+2. The summed E-state index contributed by atoms with van der Waals surface area (Å²) < 4.78 is 0. The number of aromatic nitrogens is 4. The van der Waals surface area contributed by atoms with Crippen molar-refractivity contribution in [1.29, 1.82) is 0 Å². The van der Waals surface area contributed by atoms with E-state index in [1.165, 1.54) is 0 Å². The van der Waals surface area contributed by atoms with Gasteiger partial charge in [-0.05, 0) is 24.3 Å². The van der Waals surface area contributed by atoms with Gasteiger partial charge in [-0.2, -0.15) is 0 Å². The Morgan fingerprint density at radius 2 is 0.542 bits per heavy atom. The van der Waals surface area contributed by atoms with Gasteiger partial charge in [0.1, 0.15) is 0 Å². The number of hydrogen-bond acceptors (Lipinski definition) is 12. The summed E-state index contributed by atoms with van der Waals surface area (Å²) in [5.74, 6) is 0. The van der Waals surface area contributed by atoms with Crippen molar-refractivity contribution >= 4 is 43.6 Å². The number of rotatable bonds is 0. The van der Waals surface area contributed by atoms with Gasteiger partial charge >= 0.3 is 34.1 Å². The molecule has 2 radical (unpaired) electrons. The quantitative estimate of drug-likeness (QED) is 0.0527. The van der Waals surface area contributed by atoms with Crippen molar-refractivity contribution in [3.05, 3.63) is 128 Å². The largest absolute Gasteiger partial charge is 2.00 e. The molecule has 0 amide bonds. The molecule has 6 rings (SSSR count). The van der Waals surface area contributed by atoms with Gasteiger partial charge < -0.3 is 85.4 Å². The Balaban J connectivity index is -0.0000000512. The fourth-order valence-corrected chi connectivity index (χ4v) is 3.36. The number of benzene rings is 2. The van der Waals surface area contributed by atoms with Crippen molar-refractivity contribution < 1.29 is 99.1 Å². The van der Waals surface area contributed by atoms with Crippen molar-refractivity contribution in [3.63, 3.8) is 0 Å². The molecule has 0 aliphatic rings. The monoisotopic (exact) mass is 790 g/mol. The first-order chi connectivity index (χ1) is 17.4. The molecule has 20 N–H and O–H groups in total. The molecule has 0 bridgehead atoms. The van der Waals surface area contributed by atoms with Crippen LogP contribution in [0.15, 0.2) is 97.6 Å². The summed E-state index contributed by atoms with van der Waals surface area (Å²) in [5, 5.41) is 34.1. The van der Waals surface area contributed by atoms with E-state index in [9.17, 15) is 0 Å². The number of nitrogens with zero attached hydrogens (tertiary/aromatic N) is 6. The summed E-state index contributed by atoms with van der Waals surface area (Å²) in [6, 6.07) is 24.3. The Morgan fingerprint density at radius 3 is 0.688 bits per heavy atom. The molecule has 2 aromatic carbocycles. The van der Waals surface area contributed by atoms with Crippen LogP contribution in [0.25, 0.3) is 43.6 Å². The van der Waals surface area contributed by atoms with Crippen LogP contribution in [0.1, 0.15) is 0 Å². The Bertz CT molecular complexity index is 1440. The minimum absolute atomic E-state index is 0. The van der Waals surface area contributed by atoms with Gasteiger partial charge in [-0.3, -0.25) is 19.9 Å². The number of hydrogen-bond donors (Lipinski definition) is 0. The zero-order valence-electron chi connectivity index (χ0n) is 24.0. The third kappa shape index (κ3) is 20.3. The van der Waals surface area contributed by atoms with Crippen LogP contribution in [0, 0.1) is 30.6 Å². The summed E-state index contributed by atoms with van der Waals surface area (Å²) in [7, 11) is 0. The first-order valence-electron chi connectivity index (χ1n) is 10.2. The van der Waals surface area contributed by atoms with Gasteiger partial charge in [0.15, 0.2) is 0 Å². The zero-order chi connectivity index (χ0) is 25.9. The van der Waals surface area contributed by atoms with E-state index in [1.54, 1.807) is 24.8 Å². The molecule has 48 heavy (non-hydrogen) atoms. The van der Waals surface area contributed by atoms with Gasteiger partial charge in [0.05, 0.1) is 32.2 Å². The topological polar surface area (TPSA) is 499 Å². The van der Waals surface area contributed by atoms with Crippen molar-refractivity contribution in [2.45, 2.75) is 0 Å². The average Bonchev–Trinajstić information content (AvgIpc) is 2.88. The van der Waals surface area contributed by atoms with E-state index >= 15 is 0 Å². The third-order valence-corrected chi connectivity index (χ3v) is 4.69. The number of fused-ring (bicyclic) bond motifs is 6. The van der Waals surface area contributed by atoms with Crippen LogP contribution >= 0.6 is 0 Å². The molecule has 6 aromatic rings. The summed E-state index contributed by atoms with van der Waals surface area (Å²) in [6.45, 7) is 0. The fraction of sp³-hybridized carbons (Fsp3) is 0. The smallest absolute Gasteiger partial charge is 0.870 e. The van der Waals surface area contributed by atoms with Crippen LogP contribution in [0.2, 0.25) is 0 Å². The second kappa shape index (κ2) is 35.0. The van der Waals surface area contributed by atoms with Crippen LogP contribution in [-0.4, -0.2) is 73.9 Å². The molecule has 0 unspecified atom stereocenters. The van der Waals surface area contributed by atoms with Gasteiger partial charge in [-0.1, -0.05) is 48.5 Å². The summed E-state index contributed by atoms with van der Waals surface area (Å²) in [5.41, 5.74) is 3.91. The zero-order valence-corrected chi connectivity index (χ0v) is 25.9. The molecule has 0 spiro atoms. The molecule has 278 valence electrons. The molecule has 0 saturated heterocycles. The Morgan fingerprint density at radius 1 is 0.396 bits per heavy atom. The number of pyridine rings is 4. The van der Waals surface area contributed by atoms with E-state index in [2.05, 4.69) is 68.5 Å². The van der Waals surface area contributed by atoms with Crippen LogP contribution in [0.3, 0.4) is 0 Å². The Hall–Kier alpha value is -4.88. The van der Waals surface area contributed by atoms with Crippen LogP contribution in [0.4, 0.5) is 0 Å². The molecule has 0 fully saturated rings. The SMILES string of the molecule is O.O.O.O.O.O.O=[N+]([O-])[O-].O=[N+]([O-])[O-].[Cu+2].[Cu+2].[OH-].[OH-].[OH3+].[OH3+].c1cnc2c(c1)ccc1cccnc12.c1cnc2c(c1)ccc1cccnc12. The van der Waals surface area contributed by atoms with Crippen molar-refractivity contribution in [3.8, 4) is 0 Å². The molecule has 0 aliphatic carbocycles. The molecule has 4 heterocycles. The van der Waals surface area contributed by atoms with Gasteiger partial charge in [0.2, 0.25) is 0 Å². The van der Waals surface area contributed by atoms with Gasteiger partial charge in [-0.15, -0.1) is 0 Å². The second-order valence-corrected chi connectivity index (χ2v) is 6.88. The van der Waals surface area contributed by atoms with E-state index in [0.717, 1.165) is 43.6 Å². The van der Waals surface area contributed by atoms with Crippen LogP contribution in [-0.2, 0) is 45.1 Å². The van der Waals surface area contributed by atoms with Crippen molar-refractivity contribution in [2.75, 3.05) is 0 Å². The fourth-order valence-electron chi connectivity index (χ4n) is 3.36. The van der Waals surface area contributed by atoms with Gasteiger partial charge in [0, 0.05) is 46.3 Å². The summed E-state index contributed by atoms with van der Waals surface area (Å²) >= 11 is 0. The van der Waals surface area contributed by atoms with Crippen LogP contribution in [0.5, 0.6) is 0 Å². The third-order valence-electron chi connectivity index (χ3n) is 4.69. The molecule has 0 atom stereocenters. The average molecular weight is 792 g/mol. The van der Waals surface area contributed by atoms with E-state index in [4.69, 9.17) is 30.6 Å². The molecule has 0 aliphatic heterocycles. The Kier molecular flexibility index (Phi) is 50.8. The molecule has 22 nitrogen and oxygen atoms in total. The summed E-state index contributed by atoms with van der Waals surface area (Å²) in [4.78, 5) is 33.9. The first kappa shape index (κ1) is 69.7. The van der Waals surface area contributed by atoms with Crippen molar-refractivity contribution in [1.82, 2.24) is 19.9 Å². The Labute approximate surface area is 290 Å². The maximum atomic E-state index is 8.25. The molecular weight excluding hydrogens is 755 g/mol. The normalized spacial score (nSPS) is 7.33. The van der Waals surface area contributed by atoms with E-state index in [0.29, 0.717) is 0 Å². The second-order valence-electron chi connectivity index (χ2n) is 6.88. The predicted octanol–water partition coefficient (Wildman–Crippen LogP) is -2.06. The van der Waals surface area contributed by atoms with Gasteiger partial charge in [-0.25, -0.2) is 0 Å². The minimum Gasteiger partial charge on any atom is -0.870 e. The standard InChI is InChI=1S/2C12H8N2.2Cu.2NO3.10H2O/c2*1-3-9-5-6-10-4-2-8-14-12(10)11(9)13-7-1;;;2*2-1(3)4;;;;;;;;;;/h2*1-8H;;;;;10*1H2/q;;2*+2;2*-1;;;;;;;;;;. The van der Waals surface area contributed by atoms with E-state index in [-0.39, 0.29) is 88.9 Å². The summed E-state index contributed by atoms with van der Waals surface area (Å²) in [6.07, 6.45) is 7.21. The van der Waals surface area contributed by atoms with Crippen molar-refractivity contribution in [2.24, 2.45) is 0 Å². The predicted molar refractivity (Wildman–Crippen MR) is 170 cm³/mol. The van der Waals surface area contributed by atoms with Crippen LogP contribution < -0.4 is 0 Å². The molecule has 24 heteroatoms. The maximum Gasteiger partial charge on any atom is 2.00 e. The minimum atomic E-state index is -1.75. The van der Waals surface area contributed by atoms with Gasteiger partial charge in [0.25, 0.3) is 0 Å². The van der Waals surface area contributed by atoms with E-state index in [1.807, 2.05) is 24.3 Å².